The first kappa shape index (κ1) is 33.4. The van der Waals surface area contributed by atoms with Crippen LogP contribution in [0.15, 0.2) is 115 Å². The monoisotopic (exact) mass is 646 g/mol. The maximum Gasteiger partial charge on any atom is 0.308 e. The van der Waals surface area contributed by atoms with Gasteiger partial charge in [0.15, 0.2) is 0 Å². The predicted octanol–water partition coefficient (Wildman–Crippen LogP) is 8.30. The zero-order valence-electron chi connectivity index (χ0n) is 27.7. The third-order valence-corrected chi connectivity index (χ3v) is 8.61. The van der Waals surface area contributed by atoms with Gasteiger partial charge in [-0.2, -0.15) is 0 Å². The van der Waals surface area contributed by atoms with Crippen molar-refractivity contribution in [3.05, 3.63) is 143 Å². The van der Waals surface area contributed by atoms with Gasteiger partial charge in [0.1, 0.15) is 23.7 Å². The van der Waals surface area contributed by atoms with Gasteiger partial charge in [0.05, 0.1) is 45.7 Å². The third kappa shape index (κ3) is 8.12. The number of carbonyl (C=O) groups excluding carboxylic acids is 1. The Morgan fingerprint density at radius 2 is 1.38 bits per heavy atom. The number of carbonyl (C=O) groups is 1. The Hall–Kier alpha value is -4.53. The molecule has 7 nitrogen and oxygen atoms in total. The summed E-state index contributed by atoms with van der Waals surface area (Å²) in [5.41, 5.74) is 4.98. The molecule has 7 heteroatoms. The average Bonchev–Trinajstić information content (AvgIpc) is 3.12. The lowest BCUT2D eigenvalue weighted by Gasteiger charge is -2.42. The minimum atomic E-state index is -0.449. The molecule has 5 aromatic rings. The van der Waals surface area contributed by atoms with Crippen molar-refractivity contribution < 1.29 is 33.2 Å². The van der Waals surface area contributed by atoms with Crippen molar-refractivity contribution >= 4 is 16.7 Å². The van der Waals surface area contributed by atoms with Crippen LogP contribution in [0.1, 0.15) is 47.3 Å². The SMILES string of the molecule is COc1cccc2c(OC(C)=O)c(C)cc([C@H]3C[C@@H](OCc4ccccc4)[C@H](OCc4ccccc4)[C@@H](COCc4ccccc4)O3)c12. The number of fused-ring (bicyclic) bond motifs is 1. The highest BCUT2D eigenvalue weighted by molar-refractivity contribution is 5.98. The fourth-order valence-electron chi connectivity index (χ4n) is 6.36. The molecular weight excluding hydrogens is 604 g/mol. The van der Waals surface area contributed by atoms with Gasteiger partial charge in [0.2, 0.25) is 0 Å². The van der Waals surface area contributed by atoms with Gasteiger partial charge < -0.3 is 28.4 Å². The quantitative estimate of drug-likeness (QED) is 0.0941. The van der Waals surface area contributed by atoms with Crippen molar-refractivity contribution in [3.8, 4) is 11.5 Å². The highest BCUT2D eigenvalue weighted by Crippen LogP contribution is 2.45. The van der Waals surface area contributed by atoms with Crippen LogP contribution in [0.2, 0.25) is 0 Å². The second-order valence-corrected chi connectivity index (χ2v) is 12.1. The first-order valence-corrected chi connectivity index (χ1v) is 16.4. The number of benzene rings is 5. The number of ether oxygens (including phenoxy) is 6. The van der Waals surface area contributed by atoms with Gasteiger partial charge in [-0.05, 0) is 46.9 Å². The zero-order chi connectivity index (χ0) is 33.3. The number of rotatable bonds is 13. The summed E-state index contributed by atoms with van der Waals surface area (Å²) < 4.78 is 38.3. The summed E-state index contributed by atoms with van der Waals surface area (Å²) in [6, 6.07) is 38.2. The van der Waals surface area contributed by atoms with Crippen molar-refractivity contribution in [3.63, 3.8) is 0 Å². The Labute approximate surface area is 282 Å². The van der Waals surface area contributed by atoms with E-state index in [0.717, 1.165) is 38.6 Å². The number of aryl methyl sites for hydroxylation is 1. The van der Waals surface area contributed by atoms with Gasteiger partial charge in [0, 0.05) is 24.1 Å². The van der Waals surface area contributed by atoms with Crippen LogP contribution in [0.4, 0.5) is 0 Å². The molecule has 0 aromatic heterocycles. The molecule has 48 heavy (non-hydrogen) atoms. The maximum absolute atomic E-state index is 12.1. The number of hydrogen-bond donors (Lipinski definition) is 0. The average molecular weight is 647 g/mol. The van der Waals surface area contributed by atoms with Crippen molar-refractivity contribution in [1.82, 2.24) is 0 Å². The van der Waals surface area contributed by atoms with E-state index in [2.05, 4.69) is 24.3 Å². The highest BCUT2D eigenvalue weighted by Gasteiger charge is 2.42. The fourth-order valence-corrected chi connectivity index (χ4v) is 6.36. The van der Waals surface area contributed by atoms with Crippen LogP contribution >= 0.6 is 0 Å². The molecule has 6 rings (SSSR count). The van der Waals surface area contributed by atoms with E-state index in [1.165, 1.54) is 6.92 Å². The van der Waals surface area contributed by atoms with E-state index in [1.807, 2.05) is 97.9 Å². The fraction of sp³-hybridized carbons (Fsp3) is 0.293. The van der Waals surface area contributed by atoms with E-state index in [-0.39, 0.29) is 12.1 Å². The Bertz CT molecular complexity index is 1780. The molecule has 0 spiro atoms. The number of methoxy groups -OCH3 is 1. The summed E-state index contributed by atoms with van der Waals surface area (Å²) in [6.45, 7) is 4.93. The summed E-state index contributed by atoms with van der Waals surface area (Å²) >= 11 is 0. The number of hydrogen-bond acceptors (Lipinski definition) is 7. The summed E-state index contributed by atoms with van der Waals surface area (Å²) in [5.74, 6) is 0.799. The molecule has 0 amide bonds. The van der Waals surface area contributed by atoms with Crippen LogP contribution in [0, 0.1) is 6.92 Å². The van der Waals surface area contributed by atoms with Crippen molar-refractivity contribution in [2.24, 2.45) is 0 Å². The van der Waals surface area contributed by atoms with Gasteiger partial charge in [0.25, 0.3) is 0 Å². The highest BCUT2D eigenvalue weighted by atomic mass is 16.6. The van der Waals surface area contributed by atoms with Gasteiger partial charge in [-0.15, -0.1) is 0 Å². The molecule has 0 unspecified atom stereocenters. The maximum atomic E-state index is 12.1. The standard InChI is InChI=1S/C41H42O7/c1-28-22-34(39-33(40(28)47-29(2)42)20-13-21-35(39)43-3)36-23-37(45-25-31-16-9-5-10-17-31)41(46-26-32-18-11-6-12-19-32)38(48-36)27-44-24-30-14-7-4-8-15-30/h4-22,36-38,41H,23-27H2,1-3H3/t36-,37-,38-,41+/m1/s1. The Morgan fingerprint density at radius 3 is 1.98 bits per heavy atom. The van der Waals surface area contributed by atoms with Crippen molar-refractivity contribution in [2.45, 2.75) is 64.5 Å². The summed E-state index contributed by atoms with van der Waals surface area (Å²) in [5, 5.41) is 1.62. The van der Waals surface area contributed by atoms with Crippen LogP contribution in [-0.4, -0.2) is 38.0 Å². The van der Waals surface area contributed by atoms with Crippen LogP contribution in [0.5, 0.6) is 11.5 Å². The lowest BCUT2D eigenvalue weighted by molar-refractivity contribution is -0.222. The molecule has 1 aliphatic rings. The molecule has 0 bridgehead atoms. The molecule has 1 saturated heterocycles. The molecule has 0 saturated carbocycles. The predicted molar refractivity (Wildman–Crippen MR) is 185 cm³/mol. The zero-order valence-corrected chi connectivity index (χ0v) is 27.7. The van der Waals surface area contributed by atoms with E-state index in [1.54, 1.807) is 7.11 Å². The van der Waals surface area contributed by atoms with E-state index in [0.29, 0.717) is 44.3 Å². The lowest BCUT2D eigenvalue weighted by Crippen LogP contribution is -2.50. The van der Waals surface area contributed by atoms with Crippen molar-refractivity contribution in [2.75, 3.05) is 13.7 Å². The minimum absolute atomic E-state index is 0.301. The smallest absolute Gasteiger partial charge is 0.308 e. The van der Waals surface area contributed by atoms with Crippen LogP contribution < -0.4 is 9.47 Å². The van der Waals surface area contributed by atoms with Gasteiger partial charge in [-0.25, -0.2) is 0 Å². The second kappa shape index (κ2) is 16.0. The lowest BCUT2D eigenvalue weighted by atomic mass is 9.89. The van der Waals surface area contributed by atoms with E-state index in [9.17, 15) is 4.79 Å². The van der Waals surface area contributed by atoms with E-state index in [4.69, 9.17) is 28.4 Å². The van der Waals surface area contributed by atoms with Crippen molar-refractivity contribution in [1.29, 1.82) is 0 Å². The molecule has 0 radical (unpaired) electrons. The first-order chi connectivity index (χ1) is 23.5. The molecule has 0 N–H and O–H groups in total. The third-order valence-electron chi connectivity index (χ3n) is 8.61. The summed E-state index contributed by atoms with van der Waals surface area (Å²) in [7, 11) is 1.64. The van der Waals surface area contributed by atoms with Gasteiger partial charge in [-0.3, -0.25) is 4.79 Å². The molecular formula is C41H42O7. The Kier molecular flexibility index (Phi) is 11.2. The summed E-state index contributed by atoms with van der Waals surface area (Å²) in [6.07, 6.45) is -1.04. The largest absolute Gasteiger partial charge is 0.496 e. The second-order valence-electron chi connectivity index (χ2n) is 12.1. The topological polar surface area (TPSA) is 72.5 Å². The van der Waals surface area contributed by atoms with Crippen LogP contribution in [-0.2, 0) is 43.6 Å². The van der Waals surface area contributed by atoms with E-state index >= 15 is 0 Å². The molecule has 1 aliphatic heterocycles. The minimum Gasteiger partial charge on any atom is -0.496 e. The Morgan fingerprint density at radius 1 is 0.771 bits per heavy atom. The first-order valence-electron chi connectivity index (χ1n) is 16.4. The van der Waals surface area contributed by atoms with E-state index < -0.39 is 18.3 Å². The molecule has 0 aliphatic carbocycles. The molecule has 5 aromatic carbocycles. The molecule has 1 heterocycles. The van der Waals surface area contributed by atoms with Gasteiger partial charge >= 0.3 is 5.97 Å². The summed E-state index contributed by atoms with van der Waals surface area (Å²) in [4.78, 5) is 12.1. The van der Waals surface area contributed by atoms with Crippen LogP contribution in [0.3, 0.4) is 0 Å². The van der Waals surface area contributed by atoms with Gasteiger partial charge in [-0.1, -0.05) is 103 Å². The normalized spacial score (nSPS) is 19.2. The van der Waals surface area contributed by atoms with Crippen LogP contribution in [0.25, 0.3) is 10.8 Å². The number of esters is 1. The molecule has 248 valence electrons. The Balaban J connectivity index is 1.37. The molecule has 4 atom stereocenters. The molecule has 1 fully saturated rings.